The van der Waals surface area contributed by atoms with Crippen LogP contribution in [0, 0.1) is 15.9 Å². The first-order valence-corrected chi connectivity index (χ1v) is 10.1. The fraction of sp³-hybridized carbons (Fsp3) is 0.278. The van der Waals surface area contributed by atoms with Gasteiger partial charge < -0.3 is 10.2 Å². The zero-order valence-corrected chi connectivity index (χ0v) is 19.6. The van der Waals surface area contributed by atoms with Crippen LogP contribution in [0.25, 0.3) is 0 Å². The molecule has 0 amide bonds. The molecule has 30 heavy (non-hydrogen) atoms. The van der Waals surface area contributed by atoms with Crippen molar-refractivity contribution in [3.05, 3.63) is 70.0 Å². The number of non-ortho nitro benzene ring substituents is 1. The summed E-state index contributed by atoms with van der Waals surface area (Å²) in [5.41, 5.74) is 0.594. The van der Waals surface area contributed by atoms with E-state index < -0.39 is 14.9 Å². The Hall–Kier alpha value is -2.32. The van der Waals surface area contributed by atoms with E-state index in [4.69, 9.17) is 0 Å². The predicted octanol–water partition coefficient (Wildman–Crippen LogP) is 2.34. The van der Waals surface area contributed by atoms with Gasteiger partial charge in [0, 0.05) is 45.9 Å². The first kappa shape index (κ1) is 25.7. The summed E-state index contributed by atoms with van der Waals surface area (Å²) in [6, 6.07) is 10.9. The number of nitro groups is 1. The van der Waals surface area contributed by atoms with Gasteiger partial charge in [0.25, 0.3) is 5.69 Å². The summed E-state index contributed by atoms with van der Waals surface area (Å²) in [6.07, 6.45) is 0. The number of nitro benzene ring substituents is 1. The van der Waals surface area contributed by atoms with Gasteiger partial charge >= 0.3 is 0 Å². The molecule has 2 aromatic carbocycles. The van der Waals surface area contributed by atoms with Crippen molar-refractivity contribution in [1.29, 1.82) is 0 Å². The molecule has 0 aliphatic carbocycles. The Balaban J connectivity index is 0.00000450. The highest BCUT2D eigenvalue weighted by Crippen LogP contribution is 2.16. The minimum Gasteiger partial charge on any atom is -0.355 e. The molecule has 0 atom stereocenters. The predicted molar refractivity (Wildman–Crippen MR) is 123 cm³/mol. The van der Waals surface area contributed by atoms with Crippen molar-refractivity contribution in [1.82, 2.24) is 14.9 Å². The molecule has 0 radical (unpaired) electrons. The van der Waals surface area contributed by atoms with E-state index in [9.17, 15) is 22.9 Å². The van der Waals surface area contributed by atoms with Crippen LogP contribution in [0.3, 0.4) is 0 Å². The van der Waals surface area contributed by atoms with Gasteiger partial charge in [-0.3, -0.25) is 15.1 Å². The lowest BCUT2D eigenvalue weighted by molar-refractivity contribution is -0.385. The second-order valence-electron chi connectivity index (χ2n) is 6.11. The van der Waals surface area contributed by atoms with Gasteiger partial charge in [0.05, 0.1) is 9.82 Å². The summed E-state index contributed by atoms with van der Waals surface area (Å²) in [5.74, 6) is 0.221. The van der Waals surface area contributed by atoms with Gasteiger partial charge in [0.2, 0.25) is 10.0 Å². The molecule has 2 N–H and O–H groups in total. The van der Waals surface area contributed by atoms with Crippen molar-refractivity contribution in [2.75, 3.05) is 27.2 Å². The topological polar surface area (TPSA) is 117 Å². The molecule has 0 saturated heterocycles. The van der Waals surface area contributed by atoms with Crippen molar-refractivity contribution in [3.8, 4) is 0 Å². The molecular formula is C18H23FIN5O4S. The van der Waals surface area contributed by atoms with E-state index in [1.54, 1.807) is 26.2 Å². The van der Waals surface area contributed by atoms with E-state index >= 15 is 0 Å². The highest BCUT2D eigenvalue weighted by molar-refractivity contribution is 14.0. The number of aliphatic imine (C=N–C) groups is 1. The number of guanidine groups is 1. The average molecular weight is 551 g/mol. The first-order valence-electron chi connectivity index (χ1n) is 8.63. The number of sulfonamides is 1. The molecule has 0 fully saturated rings. The van der Waals surface area contributed by atoms with Crippen LogP contribution < -0.4 is 10.0 Å². The SMILES string of the molecule is CN=C(NCCNS(=O)(=O)c1cccc([N+](=O)[O-])c1)N(C)Cc1ccc(F)cc1.I. The Morgan fingerprint density at radius 3 is 2.47 bits per heavy atom. The molecule has 0 bridgehead atoms. The van der Waals surface area contributed by atoms with Crippen LogP contribution in [0.1, 0.15) is 5.56 Å². The third-order valence-electron chi connectivity index (χ3n) is 3.95. The van der Waals surface area contributed by atoms with Gasteiger partial charge in [-0.15, -0.1) is 24.0 Å². The standard InChI is InChI=1S/C18H22FN5O4S.HI/c1-20-18(23(2)13-14-6-8-15(19)9-7-14)21-10-11-22-29(27,28)17-5-3-4-16(12-17)24(25)26;/h3-9,12,22H,10-11,13H2,1-2H3,(H,20,21);1H. The number of benzene rings is 2. The van der Waals surface area contributed by atoms with Crippen LogP contribution >= 0.6 is 24.0 Å². The number of hydrogen-bond acceptors (Lipinski definition) is 5. The zero-order valence-electron chi connectivity index (χ0n) is 16.4. The molecule has 164 valence electrons. The number of halogens is 2. The first-order chi connectivity index (χ1) is 13.7. The highest BCUT2D eigenvalue weighted by atomic mass is 127. The zero-order chi connectivity index (χ0) is 21.4. The lowest BCUT2D eigenvalue weighted by Crippen LogP contribution is -2.42. The largest absolute Gasteiger partial charge is 0.355 e. The van der Waals surface area contributed by atoms with Gasteiger partial charge in [-0.2, -0.15) is 0 Å². The molecule has 0 saturated carbocycles. The van der Waals surface area contributed by atoms with Crippen LogP contribution in [0.15, 0.2) is 58.4 Å². The van der Waals surface area contributed by atoms with E-state index in [0.717, 1.165) is 11.6 Å². The van der Waals surface area contributed by atoms with Gasteiger partial charge in [-0.05, 0) is 23.8 Å². The normalized spacial score (nSPS) is 11.5. The lowest BCUT2D eigenvalue weighted by Gasteiger charge is -2.22. The van der Waals surface area contributed by atoms with E-state index in [2.05, 4.69) is 15.0 Å². The number of hydrogen-bond donors (Lipinski definition) is 2. The molecule has 0 aliphatic rings. The summed E-state index contributed by atoms with van der Waals surface area (Å²) in [6.45, 7) is 0.780. The van der Waals surface area contributed by atoms with Gasteiger partial charge in [-0.1, -0.05) is 18.2 Å². The van der Waals surface area contributed by atoms with Crippen molar-refractivity contribution in [2.24, 2.45) is 4.99 Å². The van der Waals surface area contributed by atoms with Gasteiger partial charge in [-0.25, -0.2) is 17.5 Å². The fourth-order valence-corrected chi connectivity index (χ4v) is 3.60. The Kier molecular flexibility index (Phi) is 10.1. The third kappa shape index (κ3) is 7.50. The Labute approximate surface area is 191 Å². The minimum atomic E-state index is -3.88. The molecule has 0 aliphatic heterocycles. The van der Waals surface area contributed by atoms with Crippen LogP contribution in [-0.2, 0) is 16.6 Å². The maximum atomic E-state index is 13.0. The summed E-state index contributed by atoms with van der Waals surface area (Å²) in [4.78, 5) is 15.9. The van der Waals surface area contributed by atoms with Gasteiger partial charge in [0.1, 0.15) is 5.82 Å². The van der Waals surface area contributed by atoms with Gasteiger partial charge in [0.15, 0.2) is 5.96 Å². The summed E-state index contributed by atoms with van der Waals surface area (Å²) in [5, 5.41) is 13.8. The number of nitrogens with zero attached hydrogens (tertiary/aromatic N) is 3. The molecule has 2 rings (SSSR count). The van der Waals surface area contributed by atoms with Crippen LogP contribution in [0.4, 0.5) is 10.1 Å². The van der Waals surface area contributed by atoms with Crippen molar-refractivity contribution in [2.45, 2.75) is 11.4 Å². The quantitative estimate of drug-likeness (QED) is 0.130. The third-order valence-corrected chi connectivity index (χ3v) is 5.40. The molecule has 0 aromatic heterocycles. The highest BCUT2D eigenvalue weighted by Gasteiger charge is 2.17. The van der Waals surface area contributed by atoms with E-state index in [1.165, 1.54) is 30.3 Å². The average Bonchev–Trinajstić information content (AvgIpc) is 2.69. The smallest absolute Gasteiger partial charge is 0.270 e. The molecule has 12 heteroatoms. The Bertz CT molecular complexity index is 986. The molecular weight excluding hydrogens is 528 g/mol. The Morgan fingerprint density at radius 1 is 1.20 bits per heavy atom. The van der Waals surface area contributed by atoms with E-state index in [-0.39, 0.29) is 53.5 Å². The van der Waals surface area contributed by atoms with Crippen molar-refractivity contribution < 1.29 is 17.7 Å². The molecule has 0 unspecified atom stereocenters. The maximum absolute atomic E-state index is 13.0. The summed E-state index contributed by atoms with van der Waals surface area (Å²) in [7, 11) is -0.486. The second-order valence-corrected chi connectivity index (χ2v) is 7.88. The number of rotatable bonds is 8. The van der Waals surface area contributed by atoms with Crippen LogP contribution in [0.5, 0.6) is 0 Å². The fourth-order valence-electron chi connectivity index (χ4n) is 2.53. The van der Waals surface area contributed by atoms with Crippen molar-refractivity contribution in [3.63, 3.8) is 0 Å². The molecule has 9 nitrogen and oxygen atoms in total. The molecule has 0 heterocycles. The lowest BCUT2D eigenvalue weighted by atomic mass is 10.2. The van der Waals surface area contributed by atoms with Crippen molar-refractivity contribution >= 4 is 45.6 Å². The summed E-state index contributed by atoms with van der Waals surface area (Å²) >= 11 is 0. The number of nitrogens with one attached hydrogen (secondary N) is 2. The second kappa shape index (κ2) is 11.8. The van der Waals surface area contributed by atoms with E-state index in [1.807, 2.05) is 4.90 Å². The van der Waals surface area contributed by atoms with Crippen LogP contribution in [-0.4, -0.2) is 51.4 Å². The summed E-state index contributed by atoms with van der Waals surface area (Å²) < 4.78 is 40.0. The minimum absolute atomic E-state index is 0. The molecule has 2 aromatic rings. The Morgan fingerprint density at radius 2 is 1.87 bits per heavy atom. The van der Waals surface area contributed by atoms with Crippen LogP contribution in [0.2, 0.25) is 0 Å². The molecule has 0 spiro atoms. The monoisotopic (exact) mass is 551 g/mol. The van der Waals surface area contributed by atoms with E-state index in [0.29, 0.717) is 12.5 Å². The maximum Gasteiger partial charge on any atom is 0.270 e.